The van der Waals surface area contributed by atoms with Crippen LogP contribution in [0.1, 0.15) is 23.6 Å². The highest BCUT2D eigenvalue weighted by Gasteiger charge is 2.31. The molecule has 0 unspecified atom stereocenters. The van der Waals surface area contributed by atoms with Crippen LogP contribution in [-0.2, 0) is 28.7 Å². The van der Waals surface area contributed by atoms with Crippen molar-refractivity contribution < 1.29 is 32.2 Å². The molecule has 0 heterocycles. The zero-order valence-corrected chi connectivity index (χ0v) is 17.7. The van der Waals surface area contributed by atoms with Gasteiger partial charge in [-0.2, -0.15) is 13.2 Å². The Labute approximate surface area is 184 Å². The number of methoxy groups -OCH3 is 1. The number of ether oxygens (including phenoxy) is 3. The summed E-state index contributed by atoms with van der Waals surface area (Å²) < 4.78 is 56.3. The maximum Gasteiger partial charge on any atom is 0.416 e. The van der Waals surface area contributed by atoms with E-state index in [4.69, 9.17) is 14.2 Å². The number of esters is 1. The second-order valence-electron chi connectivity index (χ2n) is 6.99. The number of alkyl halides is 3. The van der Waals surface area contributed by atoms with Crippen LogP contribution in [0.5, 0.6) is 11.5 Å². The quantitative estimate of drug-likeness (QED) is 0.396. The molecule has 0 radical (unpaired) electrons. The van der Waals surface area contributed by atoms with Gasteiger partial charge in [-0.15, -0.1) is 0 Å². The van der Waals surface area contributed by atoms with E-state index >= 15 is 0 Å². The van der Waals surface area contributed by atoms with Gasteiger partial charge in [-0.3, -0.25) is 4.79 Å². The number of para-hydroxylation sites is 1. The molecule has 7 heteroatoms. The lowest BCUT2D eigenvalue weighted by Gasteiger charge is -2.17. The second-order valence-corrected chi connectivity index (χ2v) is 6.99. The molecule has 3 rings (SSSR count). The van der Waals surface area contributed by atoms with Gasteiger partial charge in [0.15, 0.2) is 0 Å². The molecule has 0 atom stereocenters. The van der Waals surface area contributed by atoms with Gasteiger partial charge >= 0.3 is 12.1 Å². The maximum atomic E-state index is 13.4. The summed E-state index contributed by atoms with van der Waals surface area (Å²) in [5, 5.41) is 0. The van der Waals surface area contributed by atoms with E-state index in [-0.39, 0.29) is 25.6 Å². The summed E-state index contributed by atoms with van der Waals surface area (Å²) in [5.74, 6) is 0.626. The molecule has 0 aliphatic carbocycles. The molecule has 0 saturated carbocycles. The number of rotatable bonds is 8. The first-order valence-electron chi connectivity index (χ1n) is 10.0. The topological polar surface area (TPSA) is 44.8 Å². The fourth-order valence-corrected chi connectivity index (χ4v) is 3.28. The standard InChI is InChI=1S/C25H23F3O4/c1-3-31-24(29)14-17-9-12-23(30-2)22(13-17)21-11-10-19(25(26,27)28)15-18(21)16-32-20-7-5-4-6-8-20/h4-13,15H,3,14,16H2,1-2H3. The van der Waals surface area contributed by atoms with E-state index in [1.807, 2.05) is 6.07 Å². The van der Waals surface area contributed by atoms with E-state index in [0.717, 1.165) is 12.1 Å². The first-order valence-corrected chi connectivity index (χ1v) is 10.0. The van der Waals surface area contributed by atoms with Gasteiger partial charge in [0.25, 0.3) is 0 Å². The molecule has 0 N–H and O–H groups in total. The molecule has 4 nitrogen and oxygen atoms in total. The SMILES string of the molecule is CCOC(=O)Cc1ccc(OC)c(-c2ccc(C(F)(F)F)cc2COc2ccccc2)c1. The smallest absolute Gasteiger partial charge is 0.416 e. The first-order chi connectivity index (χ1) is 15.3. The monoisotopic (exact) mass is 444 g/mol. The van der Waals surface area contributed by atoms with Crippen LogP contribution in [0.25, 0.3) is 11.1 Å². The number of halogens is 3. The van der Waals surface area contributed by atoms with E-state index in [0.29, 0.717) is 33.8 Å². The molecule has 32 heavy (non-hydrogen) atoms. The van der Waals surface area contributed by atoms with Crippen LogP contribution in [0.4, 0.5) is 13.2 Å². The zero-order valence-electron chi connectivity index (χ0n) is 17.7. The van der Waals surface area contributed by atoms with Crippen LogP contribution < -0.4 is 9.47 Å². The Bertz CT molecular complexity index is 1060. The summed E-state index contributed by atoms with van der Waals surface area (Å²) in [5.41, 5.74) is 1.32. The van der Waals surface area contributed by atoms with Crippen molar-refractivity contribution in [2.75, 3.05) is 13.7 Å². The molecule has 0 amide bonds. The van der Waals surface area contributed by atoms with E-state index < -0.39 is 11.7 Å². The molecule has 0 aliphatic rings. The molecule has 0 aromatic heterocycles. The van der Waals surface area contributed by atoms with Gasteiger partial charge in [0.1, 0.15) is 18.1 Å². The zero-order chi connectivity index (χ0) is 23.1. The van der Waals surface area contributed by atoms with Crippen LogP contribution in [0.3, 0.4) is 0 Å². The number of hydrogen-bond donors (Lipinski definition) is 0. The molecule has 0 saturated heterocycles. The minimum atomic E-state index is -4.49. The average molecular weight is 444 g/mol. The predicted molar refractivity (Wildman–Crippen MR) is 115 cm³/mol. The first kappa shape index (κ1) is 23.2. The minimum Gasteiger partial charge on any atom is -0.496 e. The van der Waals surface area contributed by atoms with Gasteiger partial charge in [-0.05, 0) is 60.0 Å². The third-order valence-electron chi connectivity index (χ3n) is 4.78. The fourth-order valence-electron chi connectivity index (χ4n) is 3.28. The highest BCUT2D eigenvalue weighted by Crippen LogP contribution is 2.37. The maximum absolute atomic E-state index is 13.4. The average Bonchev–Trinajstić information content (AvgIpc) is 2.77. The molecule has 0 aliphatic heterocycles. The Morgan fingerprint density at radius 1 is 0.938 bits per heavy atom. The van der Waals surface area contributed by atoms with E-state index in [2.05, 4.69) is 0 Å². The predicted octanol–water partition coefficient (Wildman–Crippen LogP) is 6.07. The highest BCUT2D eigenvalue weighted by molar-refractivity contribution is 5.77. The Kier molecular flexibility index (Phi) is 7.41. The Morgan fingerprint density at radius 2 is 1.69 bits per heavy atom. The van der Waals surface area contributed by atoms with Crippen molar-refractivity contribution in [3.8, 4) is 22.6 Å². The van der Waals surface area contributed by atoms with Crippen LogP contribution in [0, 0.1) is 0 Å². The lowest BCUT2D eigenvalue weighted by molar-refractivity contribution is -0.142. The fraction of sp³-hybridized carbons (Fsp3) is 0.240. The Hall–Kier alpha value is -3.48. The number of benzene rings is 3. The Balaban J connectivity index is 2.03. The molecule has 168 valence electrons. The van der Waals surface area contributed by atoms with Crippen molar-refractivity contribution in [1.82, 2.24) is 0 Å². The van der Waals surface area contributed by atoms with E-state index in [1.54, 1.807) is 49.4 Å². The Morgan fingerprint density at radius 3 is 2.34 bits per heavy atom. The van der Waals surface area contributed by atoms with E-state index in [9.17, 15) is 18.0 Å². The van der Waals surface area contributed by atoms with Crippen LogP contribution in [0.2, 0.25) is 0 Å². The molecule has 3 aromatic rings. The van der Waals surface area contributed by atoms with Gasteiger partial charge in [-0.25, -0.2) is 0 Å². The summed E-state index contributed by atoms with van der Waals surface area (Å²) in [6.45, 7) is 1.91. The van der Waals surface area contributed by atoms with Crippen LogP contribution >= 0.6 is 0 Å². The molecular formula is C25H23F3O4. The van der Waals surface area contributed by atoms with Gasteiger partial charge in [0, 0.05) is 5.56 Å². The van der Waals surface area contributed by atoms with Crippen molar-refractivity contribution in [2.24, 2.45) is 0 Å². The van der Waals surface area contributed by atoms with Crippen molar-refractivity contribution in [1.29, 1.82) is 0 Å². The molecule has 3 aromatic carbocycles. The number of hydrogen-bond acceptors (Lipinski definition) is 4. The van der Waals surface area contributed by atoms with Crippen molar-refractivity contribution in [2.45, 2.75) is 26.1 Å². The summed E-state index contributed by atoms with van der Waals surface area (Å²) in [6.07, 6.45) is -4.45. The molecule has 0 fully saturated rings. The van der Waals surface area contributed by atoms with Gasteiger partial charge < -0.3 is 14.2 Å². The molecule has 0 bridgehead atoms. The normalized spacial score (nSPS) is 11.2. The van der Waals surface area contributed by atoms with Gasteiger partial charge in [0.2, 0.25) is 0 Å². The lowest BCUT2D eigenvalue weighted by Crippen LogP contribution is -2.09. The highest BCUT2D eigenvalue weighted by atomic mass is 19.4. The summed E-state index contributed by atoms with van der Waals surface area (Å²) >= 11 is 0. The lowest BCUT2D eigenvalue weighted by atomic mass is 9.95. The van der Waals surface area contributed by atoms with Crippen molar-refractivity contribution in [3.63, 3.8) is 0 Å². The number of carbonyl (C=O) groups is 1. The van der Waals surface area contributed by atoms with Crippen LogP contribution in [0.15, 0.2) is 66.7 Å². The largest absolute Gasteiger partial charge is 0.496 e. The van der Waals surface area contributed by atoms with Crippen molar-refractivity contribution in [3.05, 3.63) is 83.4 Å². The van der Waals surface area contributed by atoms with Gasteiger partial charge in [0.05, 0.1) is 25.7 Å². The van der Waals surface area contributed by atoms with Crippen LogP contribution in [-0.4, -0.2) is 19.7 Å². The van der Waals surface area contributed by atoms with Gasteiger partial charge in [-0.1, -0.05) is 30.3 Å². The second kappa shape index (κ2) is 10.2. The minimum absolute atomic E-state index is 0.0430. The molecule has 0 spiro atoms. The third kappa shape index (κ3) is 5.81. The third-order valence-corrected chi connectivity index (χ3v) is 4.78. The van der Waals surface area contributed by atoms with E-state index in [1.165, 1.54) is 13.2 Å². The van der Waals surface area contributed by atoms with Crippen molar-refractivity contribution >= 4 is 5.97 Å². The summed E-state index contributed by atoms with van der Waals surface area (Å²) in [4.78, 5) is 11.9. The summed E-state index contributed by atoms with van der Waals surface area (Å²) in [7, 11) is 1.48. The summed E-state index contributed by atoms with van der Waals surface area (Å²) in [6, 6.07) is 17.5. The molecular weight excluding hydrogens is 421 g/mol. The number of carbonyl (C=O) groups excluding carboxylic acids is 1.